The first-order valence-electron chi connectivity index (χ1n) is 9.72. The van der Waals surface area contributed by atoms with E-state index < -0.39 is 11.9 Å². The molecule has 8 heteroatoms. The van der Waals surface area contributed by atoms with E-state index in [0.29, 0.717) is 30.1 Å². The Morgan fingerprint density at radius 3 is 2.53 bits per heavy atom. The number of likely N-dealkylation sites (tertiary alicyclic amines) is 1. The van der Waals surface area contributed by atoms with Crippen molar-refractivity contribution in [1.82, 2.24) is 10.2 Å². The van der Waals surface area contributed by atoms with E-state index in [4.69, 9.17) is 22.1 Å². The van der Waals surface area contributed by atoms with Crippen molar-refractivity contribution < 1.29 is 19.1 Å². The minimum absolute atomic E-state index is 0.0999. The Kier molecular flexibility index (Phi) is 7.43. The maximum atomic E-state index is 12.9. The lowest BCUT2D eigenvalue weighted by atomic mass is 10.0. The summed E-state index contributed by atoms with van der Waals surface area (Å²) in [6, 6.07) is 15.6. The van der Waals surface area contributed by atoms with E-state index in [9.17, 15) is 14.4 Å². The first-order valence-corrected chi connectivity index (χ1v) is 10.1. The summed E-state index contributed by atoms with van der Waals surface area (Å²) in [5, 5.41) is 3.28. The maximum Gasteiger partial charge on any atom is 0.253 e. The standard InChI is InChI=1S/C22H24ClN3O4/c23-18-9-5-4-8-17(18)22(29)25-19(15-6-2-1-3-7-15)12-21(28)26-11-10-16(13-26)30-14-20(24)27/h1-9,16,19H,10-14H2,(H2,24,27)(H,25,29). The zero-order valence-electron chi connectivity index (χ0n) is 16.4. The van der Waals surface area contributed by atoms with Crippen molar-refractivity contribution >= 4 is 29.3 Å². The molecule has 2 unspecified atom stereocenters. The summed E-state index contributed by atoms with van der Waals surface area (Å²) in [6.07, 6.45) is 0.526. The van der Waals surface area contributed by atoms with Crippen LogP contribution in [0.25, 0.3) is 0 Å². The van der Waals surface area contributed by atoms with Gasteiger partial charge in [0.1, 0.15) is 6.61 Å². The highest BCUT2D eigenvalue weighted by molar-refractivity contribution is 6.33. The second-order valence-corrected chi connectivity index (χ2v) is 7.56. The quantitative estimate of drug-likeness (QED) is 0.672. The Balaban J connectivity index is 1.68. The summed E-state index contributed by atoms with van der Waals surface area (Å²) in [5.74, 6) is -0.981. The number of nitrogens with two attached hydrogens (primary N) is 1. The number of halogens is 1. The largest absolute Gasteiger partial charge is 0.368 e. The molecule has 7 nitrogen and oxygen atoms in total. The van der Waals surface area contributed by atoms with Crippen LogP contribution in [0.5, 0.6) is 0 Å². The summed E-state index contributed by atoms with van der Waals surface area (Å²) in [5.41, 5.74) is 6.29. The molecule has 2 aromatic rings. The van der Waals surface area contributed by atoms with E-state index in [0.717, 1.165) is 5.56 Å². The number of carbonyl (C=O) groups is 3. The fourth-order valence-corrected chi connectivity index (χ4v) is 3.63. The summed E-state index contributed by atoms with van der Waals surface area (Å²) in [6.45, 7) is 0.765. The number of nitrogens with one attached hydrogen (secondary N) is 1. The predicted octanol–water partition coefficient (Wildman–Crippen LogP) is 2.30. The van der Waals surface area contributed by atoms with E-state index in [1.807, 2.05) is 30.3 Å². The Morgan fingerprint density at radius 1 is 1.13 bits per heavy atom. The first kappa shape index (κ1) is 21.8. The number of benzene rings is 2. The second-order valence-electron chi connectivity index (χ2n) is 7.15. The van der Waals surface area contributed by atoms with Gasteiger partial charge in [0.2, 0.25) is 11.8 Å². The van der Waals surface area contributed by atoms with Crippen LogP contribution in [0.3, 0.4) is 0 Å². The Labute approximate surface area is 180 Å². The Morgan fingerprint density at radius 2 is 1.83 bits per heavy atom. The molecule has 0 aromatic heterocycles. The Hall–Kier alpha value is -2.90. The molecule has 2 aromatic carbocycles. The van der Waals surface area contributed by atoms with Gasteiger partial charge in [-0.2, -0.15) is 0 Å². The number of primary amides is 1. The van der Waals surface area contributed by atoms with Crippen LogP contribution in [0.2, 0.25) is 5.02 Å². The molecule has 3 amide bonds. The lowest BCUT2D eigenvalue weighted by molar-refractivity contribution is -0.131. The highest BCUT2D eigenvalue weighted by Gasteiger charge is 2.29. The highest BCUT2D eigenvalue weighted by atomic mass is 35.5. The van der Waals surface area contributed by atoms with Gasteiger partial charge in [-0.15, -0.1) is 0 Å². The smallest absolute Gasteiger partial charge is 0.253 e. The molecule has 0 saturated carbocycles. The molecule has 0 aliphatic carbocycles. The van der Waals surface area contributed by atoms with Crippen molar-refractivity contribution in [2.75, 3.05) is 19.7 Å². The number of amides is 3. The Bertz CT molecular complexity index is 906. The van der Waals surface area contributed by atoms with Crippen LogP contribution in [0.15, 0.2) is 54.6 Å². The van der Waals surface area contributed by atoms with Crippen LogP contribution in [-0.2, 0) is 14.3 Å². The third-order valence-electron chi connectivity index (χ3n) is 4.96. The molecule has 1 saturated heterocycles. The van der Waals surface area contributed by atoms with Crippen molar-refractivity contribution in [3.8, 4) is 0 Å². The van der Waals surface area contributed by atoms with Gasteiger partial charge in [0.25, 0.3) is 5.91 Å². The number of carbonyl (C=O) groups excluding carboxylic acids is 3. The molecule has 0 spiro atoms. The fraction of sp³-hybridized carbons (Fsp3) is 0.318. The number of nitrogens with zero attached hydrogens (tertiary/aromatic N) is 1. The molecule has 158 valence electrons. The van der Waals surface area contributed by atoms with Crippen molar-refractivity contribution in [3.63, 3.8) is 0 Å². The number of hydrogen-bond acceptors (Lipinski definition) is 4. The van der Waals surface area contributed by atoms with E-state index >= 15 is 0 Å². The topological polar surface area (TPSA) is 102 Å². The fourth-order valence-electron chi connectivity index (χ4n) is 3.41. The predicted molar refractivity (Wildman–Crippen MR) is 113 cm³/mol. The number of ether oxygens (including phenoxy) is 1. The first-order chi connectivity index (χ1) is 14.4. The molecule has 2 atom stereocenters. The average Bonchev–Trinajstić information content (AvgIpc) is 3.22. The van der Waals surface area contributed by atoms with Crippen LogP contribution in [0.1, 0.15) is 34.8 Å². The van der Waals surface area contributed by atoms with Crippen LogP contribution in [-0.4, -0.2) is 48.4 Å². The molecule has 1 fully saturated rings. The third-order valence-corrected chi connectivity index (χ3v) is 5.29. The molecule has 1 aliphatic heterocycles. The molecule has 0 bridgehead atoms. The van der Waals surface area contributed by atoms with Crippen molar-refractivity contribution in [3.05, 3.63) is 70.7 Å². The van der Waals surface area contributed by atoms with Gasteiger partial charge < -0.3 is 20.7 Å². The van der Waals surface area contributed by atoms with E-state index in [1.165, 1.54) is 0 Å². The number of hydrogen-bond donors (Lipinski definition) is 2. The molecular formula is C22H24ClN3O4. The van der Waals surface area contributed by atoms with Crippen molar-refractivity contribution in [2.24, 2.45) is 5.73 Å². The highest BCUT2D eigenvalue weighted by Crippen LogP contribution is 2.23. The lowest BCUT2D eigenvalue weighted by Crippen LogP contribution is -2.36. The normalized spacial score (nSPS) is 16.8. The van der Waals surface area contributed by atoms with Crippen LogP contribution in [0, 0.1) is 0 Å². The van der Waals surface area contributed by atoms with Crippen LogP contribution >= 0.6 is 11.6 Å². The molecule has 1 aliphatic rings. The zero-order chi connectivity index (χ0) is 21.5. The molecule has 30 heavy (non-hydrogen) atoms. The number of rotatable bonds is 8. The molecule has 3 rings (SSSR count). The monoisotopic (exact) mass is 429 g/mol. The molecular weight excluding hydrogens is 406 g/mol. The van der Waals surface area contributed by atoms with E-state index in [2.05, 4.69) is 5.32 Å². The molecule has 3 N–H and O–H groups in total. The van der Waals surface area contributed by atoms with Crippen molar-refractivity contribution in [2.45, 2.75) is 25.0 Å². The zero-order valence-corrected chi connectivity index (χ0v) is 17.2. The van der Waals surface area contributed by atoms with Gasteiger partial charge in [0, 0.05) is 13.1 Å². The third kappa shape index (κ3) is 5.81. The molecule has 1 heterocycles. The van der Waals surface area contributed by atoms with E-state index in [1.54, 1.807) is 29.2 Å². The van der Waals surface area contributed by atoms with Gasteiger partial charge in [-0.1, -0.05) is 54.1 Å². The SMILES string of the molecule is NC(=O)COC1CCN(C(=O)CC(NC(=O)c2ccccc2Cl)c2ccccc2)C1. The second kappa shape index (κ2) is 10.2. The average molecular weight is 430 g/mol. The van der Waals surface area contributed by atoms with Gasteiger partial charge in [-0.3, -0.25) is 14.4 Å². The van der Waals surface area contributed by atoms with Gasteiger partial charge in [-0.05, 0) is 24.1 Å². The maximum absolute atomic E-state index is 12.9. The van der Waals surface area contributed by atoms with Gasteiger partial charge >= 0.3 is 0 Å². The summed E-state index contributed by atoms with van der Waals surface area (Å²) in [4.78, 5) is 38.2. The lowest BCUT2D eigenvalue weighted by Gasteiger charge is -2.23. The van der Waals surface area contributed by atoms with Crippen LogP contribution < -0.4 is 11.1 Å². The summed E-state index contributed by atoms with van der Waals surface area (Å²) in [7, 11) is 0. The van der Waals surface area contributed by atoms with Crippen LogP contribution in [0.4, 0.5) is 0 Å². The van der Waals surface area contributed by atoms with Gasteiger partial charge in [0.15, 0.2) is 0 Å². The molecule has 0 radical (unpaired) electrons. The summed E-state index contributed by atoms with van der Waals surface area (Å²) >= 11 is 6.14. The minimum Gasteiger partial charge on any atom is -0.368 e. The van der Waals surface area contributed by atoms with E-state index in [-0.39, 0.29) is 30.9 Å². The van der Waals surface area contributed by atoms with Gasteiger partial charge in [0.05, 0.1) is 29.2 Å². The summed E-state index contributed by atoms with van der Waals surface area (Å²) < 4.78 is 5.42. The minimum atomic E-state index is -0.536. The van der Waals surface area contributed by atoms with Gasteiger partial charge in [-0.25, -0.2) is 0 Å². The van der Waals surface area contributed by atoms with Crippen molar-refractivity contribution in [1.29, 1.82) is 0 Å².